The first kappa shape index (κ1) is 22.3. The molecule has 0 aliphatic heterocycles. The van der Waals surface area contributed by atoms with Crippen LogP contribution in [0.3, 0.4) is 0 Å². The molecule has 1 unspecified atom stereocenters. The van der Waals surface area contributed by atoms with Crippen LogP contribution >= 0.6 is 0 Å². The van der Waals surface area contributed by atoms with E-state index in [-0.39, 0.29) is 31.0 Å². The second-order valence-electron chi connectivity index (χ2n) is 8.11. The van der Waals surface area contributed by atoms with E-state index in [2.05, 4.69) is 5.32 Å². The van der Waals surface area contributed by atoms with Gasteiger partial charge in [0.2, 0.25) is 0 Å². The first-order valence-corrected chi connectivity index (χ1v) is 10.6. The lowest BCUT2D eigenvalue weighted by Crippen LogP contribution is -2.56. The number of amidine groups is 1. The third kappa shape index (κ3) is 4.38. The molecule has 0 fully saturated rings. The molecule has 1 aliphatic rings. The summed E-state index contributed by atoms with van der Waals surface area (Å²) < 4.78 is 11.1. The normalized spacial score (nSPS) is 16.7. The molecule has 1 atom stereocenters. The molecule has 8 nitrogen and oxygen atoms in total. The Morgan fingerprint density at radius 2 is 1.82 bits per heavy atom. The van der Waals surface area contributed by atoms with Crippen LogP contribution in [0.15, 0.2) is 59.0 Å². The molecule has 3 aromatic rings. The van der Waals surface area contributed by atoms with Crippen molar-refractivity contribution in [3.63, 3.8) is 0 Å². The summed E-state index contributed by atoms with van der Waals surface area (Å²) in [4.78, 5) is 26.1. The molecule has 0 radical (unpaired) electrons. The number of fused-ring (bicyclic) bond motifs is 1. The van der Waals surface area contributed by atoms with E-state index in [0.29, 0.717) is 11.3 Å². The van der Waals surface area contributed by atoms with Crippen molar-refractivity contribution in [3.8, 4) is 11.3 Å². The number of hydroxylamine groups is 1. The van der Waals surface area contributed by atoms with Gasteiger partial charge in [-0.25, -0.2) is 4.79 Å². The molecule has 0 bridgehead atoms. The maximum Gasteiger partial charge on any atom is 0.332 e. The summed E-state index contributed by atoms with van der Waals surface area (Å²) in [5, 5.41) is 19.6. The van der Waals surface area contributed by atoms with Crippen LogP contribution in [0.1, 0.15) is 39.7 Å². The number of nitrogens with one attached hydrogen (secondary N) is 3. The molecule has 170 valence electrons. The summed E-state index contributed by atoms with van der Waals surface area (Å²) in [5.74, 6) is -0.553. The topological polar surface area (TPSA) is 125 Å². The van der Waals surface area contributed by atoms with Gasteiger partial charge in [-0.05, 0) is 43.2 Å². The Morgan fingerprint density at radius 1 is 1.09 bits per heavy atom. The van der Waals surface area contributed by atoms with Gasteiger partial charge >= 0.3 is 5.97 Å². The number of carbonyl (C=O) groups excluding carboxylic acids is 2. The molecule has 33 heavy (non-hydrogen) atoms. The minimum Gasteiger partial charge on any atom is -0.464 e. The van der Waals surface area contributed by atoms with Crippen LogP contribution in [0.5, 0.6) is 0 Å². The third-order valence-corrected chi connectivity index (χ3v) is 5.78. The predicted octanol–water partition coefficient (Wildman–Crippen LogP) is 3.39. The number of ether oxygens (including phenoxy) is 1. The number of rotatable bonds is 6. The zero-order chi connectivity index (χ0) is 23.6. The van der Waals surface area contributed by atoms with Gasteiger partial charge in [0.25, 0.3) is 5.91 Å². The van der Waals surface area contributed by atoms with Gasteiger partial charge in [-0.1, -0.05) is 42.0 Å². The smallest absolute Gasteiger partial charge is 0.332 e. The highest BCUT2D eigenvalue weighted by Crippen LogP contribution is 2.33. The van der Waals surface area contributed by atoms with Gasteiger partial charge in [0.05, 0.1) is 6.61 Å². The zero-order valence-corrected chi connectivity index (χ0v) is 18.4. The predicted molar refractivity (Wildman–Crippen MR) is 121 cm³/mol. The van der Waals surface area contributed by atoms with E-state index in [1.165, 1.54) is 0 Å². The van der Waals surface area contributed by atoms with Crippen LogP contribution in [0, 0.1) is 12.3 Å². The first-order chi connectivity index (χ1) is 15.8. The molecule has 0 saturated heterocycles. The number of aryl methyl sites for hydroxylation is 1. The summed E-state index contributed by atoms with van der Waals surface area (Å²) in [7, 11) is 0. The monoisotopic (exact) mass is 447 g/mol. The highest BCUT2D eigenvalue weighted by atomic mass is 16.5. The van der Waals surface area contributed by atoms with Crippen LogP contribution < -0.4 is 10.8 Å². The molecular formula is C25H25N3O5. The molecule has 4 rings (SSSR count). The molecule has 0 spiro atoms. The van der Waals surface area contributed by atoms with Crippen molar-refractivity contribution in [2.75, 3.05) is 6.61 Å². The van der Waals surface area contributed by atoms with Gasteiger partial charge in [-0.3, -0.25) is 20.9 Å². The van der Waals surface area contributed by atoms with Gasteiger partial charge in [0.1, 0.15) is 17.1 Å². The Bertz CT molecular complexity index is 1220. The maximum atomic E-state index is 13.1. The number of hydrogen-bond acceptors (Lipinski definition) is 6. The lowest BCUT2D eigenvalue weighted by atomic mass is 9.95. The molecule has 1 heterocycles. The fourth-order valence-electron chi connectivity index (χ4n) is 4.06. The largest absolute Gasteiger partial charge is 0.464 e. The van der Waals surface area contributed by atoms with E-state index in [4.69, 9.17) is 19.8 Å². The van der Waals surface area contributed by atoms with Crippen molar-refractivity contribution in [2.24, 2.45) is 0 Å². The van der Waals surface area contributed by atoms with Crippen molar-refractivity contribution in [3.05, 3.63) is 82.6 Å². The van der Waals surface area contributed by atoms with Gasteiger partial charge in [-0.2, -0.15) is 0 Å². The molecule has 1 aromatic heterocycles. The van der Waals surface area contributed by atoms with E-state index in [0.717, 1.165) is 22.3 Å². The second-order valence-corrected chi connectivity index (χ2v) is 8.11. The van der Waals surface area contributed by atoms with E-state index < -0.39 is 17.4 Å². The van der Waals surface area contributed by atoms with Crippen LogP contribution in [-0.2, 0) is 22.4 Å². The van der Waals surface area contributed by atoms with Gasteiger partial charge in [-0.15, -0.1) is 0 Å². The third-order valence-electron chi connectivity index (χ3n) is 5.78. The SMILES string of the molecule is CCOC(=O)C1(NC(=O)c2ccc(-c3ccc(C)cc3)o2)Cc2ccc(C(=N)NO)cc2C1. The lowest BCUT2D eigenvalue weighted by molar-refractivity contribution is -0.150. The summed E-state index contributed by atoms with van der Waals surface area (Å²) >= 11 is 0. The quantitative estimate of drug-likeness (QED) is 0.199. The fraction of sp³-hybridized carbons (Fsp3) is 0.240. The molecule has 8 heteroatoms. The van der Waals surface area contributed by atoms with Crippen molar-refractivity contribution >= 4 is 17.7 Å². The Balaban J connectivity index is 1.59. The number of benzene rings is 2. The summed E-state index contributed by atoms with van der Waals surface area (Å²) in [6, 6.07) is 16.2. The summed E-state index contributed by atoms with van der Waals surface area (Å²) in [5.41, 5.74) is 4.61. The van der Waals surface area contributed by atoms with Crippen molar-refractivity contribution in [1.82, 2.24) is 10.8 Å². The van der Waals surface area contributed by atoms with Crippen LogP contribution in [0.4, 0.5) is 0 Å². The average Bonchev–Trinajstić information content (AvgIpc) is 3.44. The Morgan fingerprint density at radius 3 is 2.52 bits per heavy atom. The number of esters is 1. The molecular weight excluding hydrogens is 422 g/mol. The average molecular weight is 447 g/mol. The number of furan rings is 1. The number of amides is 1. The Labute approximate surface area is 191 Å². The highest BCUT2D eigenvalue weighted by Gasteiger charge is 2.47. The summed E-state index contributed by atoms with van der Waals surface area (Å²) in [6.07, 6.45) is 0.448. The summed E-state index contributed by atoms with van der Waals surface area (Å²) in [6.45, 7) is 3.88. The molecule has 0 saturated carbocycles. The van der Waals surface area contributed by atoms with Gasteiger partial charge in [0.15, 0.2) is 5.76 Å². The highest BCUT2D eigenvalue weighted by molar-refractivity contribution is 5.98. The minimum atomic E-state index is -1.29. The zero-order valence-electron chi connectivity index (χ0n) is 18.4. The fourth-order valence-corrected chi connectivity index (χ4v) is 4.06. The van der Waals surface area contributed by atoms with Crippen LogP contribution in [0.2, 0.25) is 0 Å². The van der Waals surface area contributed by atoms with Crippen LogP contribution in [0.25, 0.3) is 11.3 Å². The van der Waals surface area contributed by atoms with E-state index in [1.54, 1.807) is 37.3 Å². The first-order valence-electron chi connectivity index (χ1n) is 10.6. The van der Waals surface area contributed by atoms with E-state index >= 15 is 0 Å². The van der Waals surface area contributed by atoms with Crippen molar-refractivity contribution in [1.29, 1.82) is 5.41 Å². The van der Waals surface area contributed by atoms with Gasteiger partial charge in [0, 0.05) is 24.0 Å². The second kappa shape index (κ2) is 8.91. The van der Waals surface area contributed by atoms with Crippen molar-refractivity contribution < 1.29 is 24.0 Å². The molecule has 2 aromatic carbocycles. The van der Waals surface area contributed by atoms with Crippen molar-refractivity contribution in [2.45, 2.75) is 32.2 Å². The molecule has 1 amide bonds. The van der Waals surface area contributed by atoms with E-state index in [9.17, 15) is 9.59 Å². The van der Waals surface area contributed by atoms with E-state index in [1.807, 2.05) is 36.7 Å². The number of hydrogen-bond donors (Lipinski definition) is 4. The Hall–Kier alpha value is -3.91. The minimum absolute atomic E-state index is 0.0946. The maximum absolute atomic E-state index is 13.1. The lowest BCUT2D eigenvalue weighted by Gasteiger charge is -2.27. The van der Waals surface area contributed by atoms with Crippen LogP contribution in [-0.4, -0.2) is 35.1 Å². The molecule has 4 N–H and O–H groups in total. The standard InChI is InChI=1S/C25H25N3O5/c1-3-32-24(30)25(13-18-9-8-17(22(26)28-31)12-19(18)14-25)27-23(29)21-11-10-20(33-21)16-6-4-15(2)5-7-16/h4-12,31H,3,13-14H2,1-2H3,(H2,26,28)(H,27,29). The Kier molecular flexibility index (Phi) is 6.02. The number of carbonyl (C=O) groups is 2. The molecule has 1 aliphatic carbocycles. The van der Waals surface area contributed by atoms with Gasteiger partial charge < -0.3 is 14.5 Å².